The van der Waals surface area contributed by atoms with Gasteiger partial charge in [-0.05, 0) is 30.5 Å². The van der Waals surface area contributed by atoms with Gasteiger partial charge >= 0.3 is 0 Å². The van der Waals surface area contributed by atoms with Crippen molar-refractivity contribution in [2.75, 3.05) is 40.4 Å². The number of likely N-dealkylation sites (tertiary alicyclic amines) is 1. The fraction of sp³-hybridized carbons (Fsp3) is 0.481. The average molecular weight is 455 g/mol. The summed E-state index contributed by atoms with van der Waals surface area (Å²) in [6, 6.07) is 14.0. The van der Waals surface area contributed by atoms with E-state index in [0.717, 1.165) is 12.0 Å². The van der Waals surface area contributed by atoms with Gasteiger partial charge < -0.3 is 9.64 Å². The molecule has 5 nitrogen and oxygen atoms in total. The molecule has 33 heavy (non-hydrogen) atoms. The SMILES string of the molecule is CCCC(=O)N(C)[C@@H]1CN(CCOC)C[C@H](C(=O)c2ccccc2)[C@H]1c1cccc(F)c1C. The van der Waals surface area contributed by atoms with Gasteiger partial charge in [0.1, 0.15) is 5.82 Å². The van der Waals surface area contributed by atoms with E-state index >= 15 is 0 Å². The van der Waals surface area contributed by atoms with Crippen LogP contribution in [-0.4, -0.2) is 67.9 Å². The van der Waals surface area contributed by atoms with E-state index in [2.05, 4.69) is 4.90 Å². The van der Waals surface area contributed by atoms with Crippen LogP contribution in [0.15, 0.2) is 48.5 Å². The normalized spacial score (nSPS) is 21.1. The molecule has 1 aliphatic heterocycles. The Morgan fingerprint density at radius 3 is 2.52 bits per heavy atom. The van der Waals surface area contributed by atoms with Crippen LogP contribution in [0.5, 0.6) is 0 Å². The van der Waals surface area contributed by atoms with Crippen molar-refractivity contribution in [2.45, 2.75) is 38.6 Å². The topological polar surface area (TPSA) is 49.9 Å². The summed E-state index contributed by atoms with van der Waals surface area (Å²) in [5, 5.41) is 0. The molecule has 3 atom stereocenters. The Labute approximate surface area is 196 Å². The molecule has 0 aliphatic carbocycles. The third-order valence-electron chi connectivity index (χ3n) is 6.78. The number of halogens is 1. The Morgan fingerprint density at radius 2 is 1.85 bits per heavy atom. The fourth-order valence-electron chi connectivity index (χ4n) is 4.93. The minimum atomic E-state index is -0.416. The van der Waals surface area contributed by atoms with Crippen molar-refractivity contribution in [2.24, 2.45) is 5.92 Å². The number of methoxy groups -OCH3 is 1. The Hall–Kier alpha value is -2.57. The van der Waals surface area contributed by atoms with Crippen LogP contribution in [0.4, 0.5) is 4.39 Å². The highest BCUT2D eigenvalue weighted by Crippen LogP contribution is 2.39. The standard InChI is InChI=1S/C27H35FN2O3/c1-5-10-25(31)29(3)24-18-30(15-16-33-4)17-22(27(32)20-11-7-6-8-12-20)26(24)21-13-9-14-23(28)19(21)2/h6-9,11-14,22,24,26H,5,10,15-18H2,1-4H3/t22-,24+,26+/m0/s1. The lowest BCUT2D eigenvalue weighted by Gasteiger charge is -2.47. The highest BCUT2D eigenvalue weighted by Gasteiger charge is 2.44. The van der Waals surface area contributed by atoms with Crippen molar-refractivity contribution in [3.05, 3.63) is 71.0 Å². The Balaban J connectivity index is 2.11. The number of ether oxygens (including phenoxy) is 1. The summed E-state index contributed by atoms with van der Waals surface area (Å²) in [6.45, 7) is 6.08. The number of benzene rings is 2. The molecule has 1 aliphatic rings. The van der Waals surface area contributed by atoms with Gasteiger partial charge in [0.2, 0.25) is 5.91 Å². The molecule has 0 unspecified atom stereocenters. The molecule has 1 saturated heterocycles. The number of nitrogens with zero attached hydrogens (tertiary/aromatic N) is 2. The van der Waals surface area contributed by atoms with E-state index in [1.807, 2.05) is 50.4 Å². The van der Waals surface area contributed by atoms with Crippen molar-refractivity contribution >= 4 is 11.7 Å². The molecule has 0 radical (unpaired) electrons. The Kier molecular flexibility index (Phi) is 8.75. The third kappa shape index (κ3) is 5.68. The molecule has 1 fully saturated rings. The van der Waals surface area contributed by atoms with Crippen LogP contribution in [0.2, 0.25) is 0 Å². The van der Waals surface area contributed by atoms with Crippen molar-refractivity contribution in [3.63, 3.8) is 0 Å². The molecular weight excluding hydrogens is 419 g/mol. The van der Waals surface area contributed by atoms with E-state index in [4.69, 9.17) is 4.74 Å². The number of Topliss-reactive ketones (excluding diaryl/α,β-unsaturated/α-hetero) is 1. The first-order valence-electron chi connectivity index (χ1n) is 11.7. The molecular formula is C27H35FN2O3. The molecule has 2 aromatic carbocycles. The summed E-state index contributed by atoms with van der Waals surface area (Å²) < 4.78 is 19.9. The summed E-state index contributed by atoms with van der Waals surface area (Å²) >= 11 is 0. The minimum absolute atomic E-state index is 0.0210. The molecule has 3 rings (SSSR count). The van der Waals surface area contributed by atoms with Crippen LogP contribution < -0.4 is 0 Å². The third-order valence-corrected chi connectivity index (χ3v) is 6.78. The second-order valence-corrected chi connectivity index (χ2v) is 8.89. The zero-order valence-corrected chi connectivity index (χ0v) is 20.1. The van der Waals surface area contributed by atoms with Crippen LogP contribution >= 0.6 is 0 Å². The first-order valence-corrected chi connectivity index (χ1v) is 11.7. The zero-order chi connectivity index (χ0) is 24.0. The fourth-order valence-corrected chi connectivity index (χ4v) is 4.93. The largest absolute Gasteiger partial charge is 0.383 e. The van der Waals surface area contributed by atoms with Crippen molar-refractivity contribution in [3.8, 4) is 0 Å². The van der Waals surface area contributed by atoms with Gasteiger partial charge in [0.15, 0.2) is 5.78 Å². The van der Waals surface area contributed by atoms with Gasteiger partial charge in [-0.1, -0.05) is 49.4 Å². The smallest absolute Gasteiger partial charge is 0.222 e. The number of piperidine rings is 1. The lowest BCUT2D eigenvalue weighted by atomic mass is 9.72. The molecule has 0 spiro atoms. The lowest BCUT2D eigenvalue weighted by Crippen LogP contribution is -2.57. The molecule has 0 N–H and O–H groups in total. The van der Waals surface area contributed by atoms with Crippen molar-refractivity contribution in [1.82, 2.24) is 9.80 Å². The summed E-state index contributed by atoms with van der Waals surface area (Å²) in [4.78, 5) is 30.7. The number of ketones is 1. The van der Waals surface area contributed by atoms with Crippen molar-refractivity contribution < 1.29 is 18.7 Å². The number of amides is 1. The Morgan fingerprint density at radius 1 is 1.12 bits per heavy atom. The first-order chi connectivity index (χ1) is 15.9. The Bertz CT molecular complexity index is 950. The van der Waals surface area contributed by atoms with Gasteiger partial charge in [-0.25, -0.2) is 4.39 Å². The number of likely N-dealkylation sites (N-methyl/N-ethyl adjacent to an activating group) is 1. The van der Waals surface area contributed by atoms with Gasteiger partial charge in [0.25, 0.3) is 0 Å². The maximum Gasteiger partial charge on any atom is 0.222 e. The monoisotopic (exact) mass is 454 g/mol. The van der Waals surface area contributed by atoms with E-state index in [9.17, 15) is 14.0 Å². The van der Waals surface area contributed by atoms with E-state index in [0.29, 0.717) is 43.8 Å². The molecule has 2 aromatic rings. The van der Waals surface area contributed by atoms with E-state index in [1.54, 1.807) is 25.0 Å². The lowest BCUT2D eigenvalue weighted by molar-refractivity contribution is -0.134. The first kappa shape index (κ1) is 25.1. The van der Waals surface area contributed by atoms with Crippen LogP contribution in [-0.2, 0) is 9.53 Å². The van der Waals surface area contributed by atoms with Gasteiger partial charge in [-0.2, -0.15) is 0 Å². The van der Waals surface area contributed by atoms with Crippen LogP contribution in [0.1, 0.15) is 47.2 Å². The predicted octanol–water partition coefficient (Wildman–Crippen LogP) is 4.31. The minimum Gasteiger partial charge on any atom is -0.383 e. The quantitative estimate of drug-likeness (QED) is 0.530. The molecule has 0 saturated carbocycles. The number of hydrogen-bond donors (Lipinski definition) is 0. The van der Waals surface area contributed by atoms with Crippen LogP contribution in [0.3, 0.4) is 0 Å². The summed E-state index contributed by atoms with van der Waals surface area (Å²) in [5.74, 6) is -0.950. The second kappa shape index (κ2) is 11.5. The van der Waals surface area contributed by atoms with E-state index in [1.165, 1.54) is 6.07 Å². The number of carbonyl (C=O) groups is 2. The second-order valence-electron chi connectivity index (χ2n) is 8.89. The van der Waals surface area contributed by atoms with Crippen molar-refractivity contribution in [1.29, 1.82) is 0 Å². The van der Waals surface area contributed by atoms with Gasteiger partial charge in [0, 0.05) is 57.6 Å². The van der Waals surface area contributed by atoms with Crippen LogP contribution in [0, 0.1) is 18.7 Å². The van der Waals surface area contributed by atoms with Crippen LogP contribution in [0.25, 0.3) is 0 Å². The molecule has 6 heteroatoms. The molecule has 0 bridgehead atoms. The molecule has 178 valence electrons. The number of hydrogen-bond acceptors (Lipinski definition) is 4. The summed E-state index contributed by atoms with van der Waals surface area (Å²) in [6.07, 6.45) is 1.19. The number of rotatable bonds is 9. The molecule has 0 aromatic heterocycles. The predicted molar refractivity (Wildman–Crippen MR) is 128 cm³/mol. The highest BCUT2D eigenvalue weighted by atomic mass is 19.1. The average Bonchev–Trinajstić information content (AvgIpc) is 2.83. The zero-order valence-electron chi connectivity index (χ0n) is 20.1. The van der Waals surface area contributed by atoms with Gasteiger partial charge in [-0.3, -0.25) is 14.5 Å². The van der Waals surface area contributed by atoms with Gasteiger partial charge in [0.05, 0.1) is 12.6 Å². The molecule has 1 amide bonds. The van der Waals surface area contributed by atoms with E-state index in [-0.39, 0.29) is 29.5 Å². The number of carbonyl (C=O) groups excluding carboxylic acids is 2. The van der Waals surface area contributed by atoms with E-state index < -0.39 is 5.92 Å². The maximum absolute atomic E-state index is 14.6. The summed E-state index contributed by atoms with van der Waals surface area (Å²) in [7, 11) is 3.47. The maximum atomic E-state index is 14.6. The highest BCUT2D eigenvalue weighted by molar-refractivity contribution is 5.98. The molecule has 1 heterocycles. The summed E-state index contributed by atoms with van der Waals surface area (Å²) in [5.41, 5.74) is 1.98. The van der Waals surface area contributed by atoms with Gasteiger partial charge in [-0.15, -0.1) is 0 Å².